The number of carbonyl (C=O) groups is 2. The summed E-state index contributed by atoms with van der Waals surface area (Å²) in [7, 11) is 0. The van der Waals surface area contributed by atoms with Crippen molar-refractivity contribution in [3.63, 3.8) is 0 Å². The van der Waals surface area contributed by atoms with Gasteiger partial charge < -0.3 is 20.3 Å². The normalized spacial score (nSPS) is 12.6. The number of amides is 1. The van der Waals surface area contributed by atoms with E-state index in [1.165, 1.54) is 263 Å². The summed E-state index contributed by atoms with van der Waals surface area (Å²) in [5.74, 6) is -0.0571. The predicted molar refractivity (Wildman–Crippen MR) is 283 cm³/mol. The average Bonchev–Trinajstić information content (AvgIpc) is 3.31. The van der Waals surface area contributed by atoms with Gasteiger partial charge in [0.25, 0.3) is 0 Å². The zero-order valence-corrected chi connectivity index (χ0v) is 44.0. The highest BCUT2D eigenvalue weighted by atomic mass is 16.5. The van der Waals surface area contributed by atoms with Crippen molar-refractivity contribution in [2.45, 2.75) is 341 Å². The van der Waals surface area contributed by atoms with Crippen LogP contribution in [0.3, 0.4) is 0 Å². The van der Waals surface area contributed by atoms with Crippen LogP contribution >= 0.6 is 0 Å². The van der Waals surface area contributed by atoms with Gasteiger partial charge in [-0.3, -0.25) is 9.59 Å². The van der Waals surface area contributed by atoms with Crippen LogP contribution in [0.15, 0.2) is 12.2 Å². The lowest BCUT2D eigenvalue weighted by Gasteiger charge is -2.20. The van der Waals surface area contributed by atoms with Crippen molar-refractivity contribution in [1.82, 2.24) is 5.32 Å². The zero-order chi connectivity index (χ0) is 47.2. The van der Waals surface area contributed by atoms with E-state index in [0.29, 0.717) is 19.4 Å². The topological polar surface area (TPSA) is 95.9 Å². The van der Waals surface area contributed by atoms with Crippen molar-refractivity contribution in [1.29, 1.82) is 0 Å². The van der Waals surface area contributed by atoms with Gasteiger partial charge in [-0.15, -0.1) is 0 Å². The molecule has 0 aromatic heterocycles. The number of unbranched alkanes of at least 4 members (excludes halogenated alkanes) is 44. The lowest BCUT2D eigenvalue weighted by molar-refractivity contribution is -0.143. The van der Waals surface area contributed by atoms with Crippen molar-refractivity contribution in [3.05, 3.63) is 12.2 Å². The van der Waals surface area contributed by atoms with Gasteiger partial charge in [-0.25, -0.2) is 0 Å². The summed E-state index contributed by atoms with van der Waals surface area (Å²) in [5, 5.41) is 23.1. The van der Waals surface area contributed by atoms with Crippen LogP contribution in [-0.2, 0) is 14.3 Å². The monoisotopic (exact) mass is 918 g/mol. The van der Waals surface area contributed by atoms with E-state index in [1.807, 2.05) is 6.08 Å². The minimum Gasteiger partial charge on any atom is -0.466 e. The molecule has 0 saturated heterocycles. The average molecular weight is 919 g/mol. The second-order valence-corrected chi connectivity index (χ2v) is 20.3. The third kappa shape index (κ3) is 51.8. The summed E-state index contributed by atoms with van der Waals surface area (Å²) in [6.45, 7) is 4.92. The minimum atomic E-state index is -0.845. The Labute approximate surface area is 406 Å². The molecule has 0 bridgehead atoms. The van der Waals surface area contributed by atoms with Gasteiger partial charge in [0.05, 0.1) is 25.4 Å². The van der Waals surface area contributed by atoms with Crippen molar-refractivity contribution in [3.8, 4) is 0 Å². The van der Waals surface area contributed by atoms with Crippen molar-refractivity contribution in [2.75, 3.05) is 13.2 Å². The molecule has 65 heavy (non-hydrogen) atoms. The molecule has 0 aromatic carbocycles. The van der Waals surface area contributed by atoms with Crippen LogP contribution in [0, 0.1) is 0 Å². The fraction of sp³-hybridized carbons (Fsp3) is 0.932. The SMILES string of the molecule is CCCCCCCCCCCCCCCCC/C=C/C(O)C(CO)NC(=O)CCCCCCCCCCCCCCCCCCCCCCOC(=O)CCCCCCCCCCCCC. The molecule has 6 nitrogen and oxygen atoms in total. The molecule has 0 radical (unpaired) electrons. The number of hydrogen-bond acceptors (Lipinski definition) is 5. The fourth-order valence-electron chi connectivity index (χ4n) is 9.28. The first-order valence-corrected chi connectivity index (χ1v) is 29.5. The summed E-state index contributed by atoms with van der Waals surface area (Å²) >= 11 is 0. The van der Waals surface area contributed by atoms with E-state index in [2.05, 4.69) is 19.2 Å². The van der Waals surface area contributed by atoms with Crippen LogP contribution < -0.4 is 5.32 Å². The van der Waals surface area contributed by atoms with Gasteiger partial charge in [0.2, 0.25) is 5.91 Å². The number of nitrogens with one attached hydrogen (secondary N) is 1. The van der Waals surface area contributed by atoms with Crippen LogP contribution in [0.25, 0.3) is 0 Å². The van der Waals surface area contributed by atoms with E-state index in [-0.39, 0.29) is 18.5 Å². The number of ether oxygens (including phenoxy) is 1. The van der Waals surface area contributed by atoms with Crippen LogP contribution in [-0.4, -0.2) is 47.4 Å². The lowest BCUT2D eigenvalue weighted by atomic mass is 10.0. The first-order chi connectivity index (χ1) is 32.0. The molecule has 386 valence electrons. The largest absolute Gasteiger partial charge is 0.466 e. The second kappa shape index (κ2) is 55.2. The van der Waals surface area contributed by atoms with Crippen molar-refractivity contribution in [2.24, 2.45) is 0 Å². The van der Waals surface area contributed by atoms with Gasteiger partial charge in [-0.05, 0) is 32.1 Å². The molecule has 3 N–H and O–H groups in total. The molecule has 1 amide bonds. The zero-order valence-electron chi connectivity index (χ0n) is 44.0. The number of allylic oxidation sites excluding steroid dienone is 1. The molecule has 0 heterocycles. The quantitative estimate of drug-likeness (QED) is 0.0321. The molecule has 0 fully saturated rings. The smallest absolute Gasteiger partial charge is 0.305 e. The Hall–Kier alpha value is -1.40. The summed E-state index contributed by atoms with van der Waals surface area (Å²) in [5.41, 5.74) is 0. The Morgan fingerprint density at radius 3 is 1.05 bits per heavy atom. The molecule has 0 saturated carbocycles. The maximum absolute atomic E-state index is 12.5. The predicted octanol–water partition coefficient (Wildman–Crippen LogP) is 18.1. The van der Waals surface area contributed by atoms with Gasteiger partial charge in [-0.1, -0.05) is 296 Å². The van der Waals surface area contributed by atoms with E-state index in [4.69, 9.17) is 4.74 Å². The number of aliphatic hydroxyl groups is 2. The number of hydrogen-bond donors (Lipinski definition) is 3. The molecule has 0 rings (SSSR count). The number of carbonyl (C=O) groups excluding carboxylic acids is 2. The number of rotatable bonds is 55. The molecule has 0 spiro atoms. The van der Waals surface area contributed by atoms with Crippen LogP contribution in [0.5, 0.6) is 0 Å². The highest BCUT2D eigenvalue weighted by Crippen LogP contribution is 2.18. The standard InChI is InChI=1S/C59H115NO5/c1-3-5-7-9-11-13-15-16-17-22-25-28-32-35-39-43-47-51-57(62)56(55-61)60-58(63)52-48-44-40-36-33-29-26-23-20-18-19-21-24-27-30-34-38-42-46-50-54-65-59(64)53-49-45-41-37-31-14-12-10-8-6-4-2/h47,51,56-57,61-62H,3-46,48-50,52-55H2,1-2H3,(H,60,63)/b51-47+. The first-order valence-electron chi connectivity index (χ1n) is 29.5. The molecule has 2 atom stereocenters. The molecule has 2 unspecified atom stereocenters. The molecule has 0 aliphatic carbocycles. The van der Waals surface area contributed by atoms with Crippen LogP contribution in [0.2, 0.25) is 0 Å². The van der Waals surface area contributed by atoms with Gasteiger partial charge in [-0.2, -0.15) is 0 Å². The molecule has 0 aliphatic heterocycles. The number of esters is 1. The Morgan fingerprint density at radius 1 is 0.415 bits per heavy atom. The molecular formula is C59H115NO5. The maximum Gasteiger partial charge on any atom is 0.305 e. The second-order valence-electron chi connectivity index (χ2n) is 20.3. The van der Waals surface area contributed by atoms with Crippen LogP contribution in [0.4, 0.5) is 0 Å². The van der Waals surface area contributed by atoms with E-state index in [0.717, 1.165) is 38.5 Å². The summed E-state index contributed by atoms with van der Waals surface area (Å²) in [4.78, 5) is 24.5. The van der Waals surface area contributed by atoms with E-state index >= 15 is 0 Å². The fourth-order valence-corrected chi connectivity index (χ4v) is 9.28. The van der Waals surface area contributed by atoms with E-state index < -0.39 is 12.1 Å². The number of aliphatic hydroxyl groups excluding tert-OH is 2. The molecule has 0 aromatic rings. The Balaban J connectivity index is 3.42. The maximum atomic E-state index is 12.5. The molecular weight excluding hydrogens is 803 g/mol. The van der Waals surface area contributed by atoms with E-state index in [9.17, 15) is 19.8 Å². The third-order valence-electron chi connectivity index (χ3n) is 13.8. The third-order valence-corrected chi connectivity index (χ3v) is 13.8. The Bertz CT molecular complexity index is 970. The minimum absolute atomic E-state index is 0.0101. The summed E-state index contributed by atoms with van der Waals surface area (Å²) in [6.07, 6.45) is 65.2. The summed E-state index contributed by atoms with van der Waals surface area (Å²) in [6, 6.07) is -0.628. The van der Waals surface area contributed by atoms with Crippen molar-refractivity contribution < 1.29 is 24.5 Å². The summed E-state index contributed by atoms with van der Waals surface area (Å²) < 4.78 is 5.46. The van der Waals surface area contributed by atoms with Gasteiger partial charge in [0, 0.05) is 12.8 Å². The van der Waals surface area contributed by atoms with Gasteiger partial charge in [0.15, 0.2) is 0 Å². The lowest BCUT2D eigenvalue weighted by Crippen LogP contribution is -2.45. The molecule has 6 heteroatoms. The Kier molecular flexibility index (Phi) is 54.0. The first kappa shape index (κ1) is 63.6. The van der Waals surface area contributed by atoms with E-state index in [1.54, 1.807) is 6.08 Å². The molecule has 0 aliphatic rings. The van der Waals surface area contributed by atoms with Crippen molar-refractivity contribution >= 4 is 11.9 Å². The highest BCUT2D eigenvalue weighted by molar-refractivity contribution is 5.76. The van der Waals surface area contributed by atoms with Gasteiger partial charge >= 0.3 is 5.97 Å². The van der Waals surface area contributed by atoms with Gasteiger partial charge in [0.1, 0.15) is 0 Å². The van der Waals surface area contributed by atoms with Crippen LogP contribution in [0.1, 0.15) is 328 Å². The highest BCUT2D eigenvalue weighted by Gasteiger charge is 2.18. The Morgan fingerprint density at radius 2 is 0.708 bits per heavy atom.